The first-order valence-electron chi connectivity index (χ1n) is 11.8. The van der Waals surface area contributed by atoms with Crippen LogP contribution in [0.5, 0.6) is 0 Å². The second-order valence-corrected chi connectivity index (χ2v) is 9.28. The van der Waals surface area contributed by atoms with E-state index in [9.17, 15) is 4.79 Å². The lowest BCUT2D eigenvalue weighted by atomic mass is 9.86. The molecule has 0 spiro atoms. The number of hydrogen-bond donors (Lipinski definition) is 2. The van der Waals surface area contributed by atoms with Gasteiger partial charge >= 0.3 is 0 Å². The summed E-state index contributed by atoms with van der Waals surface area (Å²) in [4.78, 5) is 19.6. The number of hydrogen-bond acceptors (Lipinski definition) is 2. The van der Waals surface area contributed by atoms with E-state index in [2.05, 4.69) is 80.5 Å². The van der Waals surface area contributed by atoms with Crippen molar-refractivity contribution in [1.82, 2.24) is 15.5 Å². The third-order valence-electron chi connectivity index (χ3n) is 6.02. The van der Waals surface area contributed by atoms with E-state index < -0.39 is 0 Å². The van der Waals surface area contributed by atoms with Crippen molar-refractivity contribution < 1.29 is 4.79 Å². The molecule has 1 heterocycles. The van der Waals surface area contributed by atoms with E-state index in [1.807, 2.05) is 0 Å². The van der Waals surface area contributed by atoms with E-state index in [1.54, 1.807) is 0 Å². The second-order valence-electron chi connectivity index (χ2n) is 9.28. The lowest BCUT2D eigenvalue weighted by Gasteiger charge is -2.35. The van der Waals surface area contributed by atoms with E-state index in [4.69, 9.17) is 4.99 Å². The molecule has 5 nitrogen and oxygen atoms in total. The molecule has 1 aromatic carbocycles. The minimum Gasteiger partial charge on any atom is -0.357 e. The van der Waals surface area contributed by atoms with Crippen LogP contribution >= 0.6 is 24.0 Å². The molecule has 0 aromatic heterocycles. The highest BCUT2D eigenvalue weighted by atomic mass is 127. The maximum Gasteiger partial charge on any atom is 0.225 e. The molecule has 0 radical (unpaired) electrons. The van der Waals surface area contributed by atoms with Crippen molar-refractivity contribution in [2.45, 2.75) is 72.8 Å². The van der Waals surface area contributed by atoms with Gasteiger partial charge in [-0.3, -0.25) is 9.79 Å². The number of rotatable bonds is 9. The zero-order valence-electron chi connectivity index (χ0n) is 20.1. The van der Waals surface area contributed by atoms with Crippen LogP contribution in [0.25, 0.3) is 0 Å². The van der Waals surface area contributed by atoms with E-state index in [-0.39, 0.29) is 35.3 Å². The normalized spacial score (nSPS) is 15.5. The Labute approximate surface area is 206 Å². The van der Waals surface area contributed by atoms with E-state index in [0.29, 0.717) is 11.9 Å². The topological polar surface area (TPSA) is 56.7 Å². The summed E-state index contributed by atoms with van der Waals surface area (Å²) in [5.74, 6) is 1.41. The molecule has 0 unspecified atom stereocenters. The number of nitrogens with one attached hydrogen (secondary N) is 2. The Kier molecular flexibility index (Phi) is 12.5. The van der Waals surface area contributed by atoms with Crippen molar-refractivity contribution in [1.29, 1.82) is 0 Å². The van der Waals surface area contributed by atoms with Crippen molar-refractivity contribution in [2.24, 2.45) is 16.3 Å². The van der Waals surface area contributed by atoms with Gasteiger partial charge in [0.2, 0.25) is 5.91 Å². The first-order chi connectivity index (χ1) is 14.4. The summed E-state index contributed by atoms with van der Waals surface area (Å²) in [7, 11) is 0. The molecule has 1 aromatic rings. The number of amides is 1. The average molecular weight is 543 g/mol. The van der Waals surface area contributed by atoms with Crippen LogP contribution in [0, 0.1) is 11.3 Å². The first-order valence-corrected chi connectivity index (χ1v) is 11.8. The fraction of sp³-hybridized carbons (Fsp3) is 0.680. The summed E-state index contributed by atoms with van der Waals surface area (Å²) < 4.78 is 0. The highest BCUT2D eigenvalue weighted by molar-refractivity contribution is 14.0. The van der Waals surface area contributed by atoms with Gasteiger partial charge in [0.05, 0.1) is 0 Å². The lowest BCUT2D eigenvalue weighted by molar-refractivity contribution is -0.136. The van der Waals surface area contributed by atoms with Crippen LogP contribution in [-0.4, -0.2) is 49.0 Å². The average Bonchev–Trinajstić information content (AvgIpc) is 2.74. The molecule has 31 heavy (non-hydrogen) atoms. The number of benzene rings is 1. The Hall–Kier alpha value is -1.31. The number of carbonyl (C=O) groups is 1. The van der Waals surface area contributed by atoms with Crippen molar-refractivity contribution in [3.63, 3.8) is 0 Å². The predicted octanol–water partition coefficient (Wildman–Crippen LogP) is 4.86. The number of carbonyl (C=O) groups excluding carboxylic acids is 1. The smallest absolute Gasteiger partial charge is 0.225 e. The van der Waals surface area contributed by atoms with Crippen LogP contribution in [0.15, 0.2) is 35.3 Å². The first kappa shape index (κ1) is 27.7. The molecule has 0 aliphatic carbocycles. The van der Waals surface area contributed by atoms with Gasteiger partial charge < -0.3 is 15.5 Å². The number of guanidine groups is 1. The van der Waals surface area contributed by atoms with Gasteiger partial charge in [0.15, 0.2) is 5.96 Å². The van der Waals surface area contributed by atoms with Gasteiger partial charge in [-0.05, 0) is 50.0 Å². The maximum atomic E-state index is 12.6. The monoisotopic (exact) mass is 542 g/mol. The summed E-state index contributed by atoms with van der Waals surface area (Å²) in [6, 6.07) is 11.0. The number of nitrogens with zero attached hydrogens (tertiary/aromatic N) is 2. The van der Waals surface area contributed by atoms with Crippen LogP contribution in [0.2, 0.25) is 0 Å². The molecule has 2 N–H and O–H groups in total. The third-order valence-corrected chi connectivity index (χ3v) is 6.02. The molecule has 2 rings (SSSR count). The summed E-state index contributed by atoms with van der Waals surface area (Å²) in [6.07, 6.45) is 4.83. The Balaban J connectivity index is 0.00000480. The van der Waals surface area contributed by atoms with E-state index in [0.717, 1.165) is 64.2 Å². The van der Waals surface area contributed by atoms with Crippen molar-refractivity contribution in [3.05, 3.63) is 35.9 Å². The molecule has 1 saturated heterocycles. The highest BCUT2D eigenvalue weighted by Gasteiger charge is 2.27. The SMILES string of the molecule is CCNC(=NCC(C)(C)Cc1ccccc1)NC1CCN(C(=O)C(CC)CC)CC1.I. The van der Waals surface area contributed by atoms with E-state index >= 15 is 0 Å². The van der Waals surface area contributed by atoms with Gasteiger partial charge in [0, 0.05) is 38.1 Å². The van der Waals surface area contributed by atoms with Crippen molar-refractivity contribution in [3.8, 4) is 0 Å². The number of piperidine rings is 1. The molecular formula is C25H43IN4O. The minimum atomic E-state index is 0. The maximum absolute atomic E-state index is 12.6. The number of likely N-dealkylation sites (tertiary alicyclic amines) is 1. The molecule has 1 fully saturated rings. The van der Waals surface area contributed by atoms with Gasteiger partial charge in [-0.2, -0.15) is 0 Å². The highest BCUT2D eigenvalue weighted by Crippen LogP contribution is 2.22. The van der Waals surface area contributed by atoms with Crippen LogP contribution in [-0.2, 0) is 11.2 Å². The Bertz CT molecular complexity index is 665. The van der Waals surface area contributed by atoms with Crippen molar-refractivity contribution in [2.75, 3.05) is 26.2 Å². The van der Waals surface area contributed by atoms with E-state index in [1.165, 1.54) is 5.56 Å². The molecule has 0 saturated carbocycles. The fourth-order valence-electron chi connectivity index (χ4n) is 4.15. The van der Waals surface area contributed by atoms with Gasteiger partial charge in [0.1, 0.15) is 0 Å². The second kappa shape index (κ2) is 14.0. The van der Waals surface area contributed by atoms with Crippen LogP contribution in [0.1, 0.15) is 65.9 Å². The molecule has 6 heteroatoms. The van der Waals surface area contributed by atoms with Gasteiger partial charge in [0.25, 0.3) is 0 Å². The standard InChI is InChI=1S/C25H42N4O.HI/c1-6-21(7-2)23(30)29-16-14-22(15-17-29)28-24(26-8-3)27-19-25(4,5)18-20-12-10-9-11-13-20;/h9-13,21-22H,6-8,14-19H2,1-5H3,(H2,26,27,28);1H. The predicted molar refractivity (Wildman–Crippen MR) is 142 cm³/mol. The Morgan fingerprint density at radius 2 is 1.74 bits per heavy atom. The number of halogens is 1. The minimum absolute atomic E-state index is 0. The quantitative estimate of drug-likeness (QED) is 0.267. The molecule has 1 aliphatic heterocycles. The zero-order valence-corrected chi connectivity index (χ0v) is 22.4. The molecule has 0 bridgehead atoms. The van der Waals surface area contributed by atoms with Gasteiger partial charge in [-0.15, -0.1) is 24.0 Å². The lowest BCUT2D eigenvalue weighted by Crippen LogP contribution is -2.50. The summed E-state index contributed by atoms with van der Waals surface area (Å²) >= 11 is 0. The van der Waals surface area contributed by atoms with Crippen molar-refractivity contribution >= 4 is 35.8 Å². The molecular weight excluding hydrogens is 499 g/mol. The summed E-state index contributed by atoms with van der Waals surface area (Å²) in [6.45, 7) is 14.2. The molecule has 176 valence electrons. The number of aliphatic imine (C=N–C) groups is 1. The Morgan fingerprint density at radius 3 is 2.29 bits per heavy atom. The molecule has 1 aliphatic rings. The van der Waals surface area contributed by atoms with Gasteiger partial charge in [-0.1, -0.05) is 58.0 Å². The summed E-state index contributed by atoms with van der Waals surface area (Å²) in [5.41, 5.74) is 1.44. The van der Waals surface area contributed by atoms with Crippen LogP contribution in [0.4, 0.5) is 0 Å². The molecule has 1 amide bonds. The third kappa shape index (κ3) is 9.38. The van der Waals surface area contributed by atoms with Gasteiger partial charge in [-0.25, -0.2) is 0 Å². The fourth-order valence-corrected chi connectivity index (χ4v) is 4.15. The zero-order chi connectivity index (χ0) is 22.0. The largest absolute Gasteiger partial charge is 0.357 e. The van der Waals surface area contributed by atoms with Crippen LogP contribution < -0.4 is 10.6 Å². The molecule has 0 atom stereocenters. The Morgan fingerprint density at radius 1 is 1.13 bits per heavy atom. The summed E-state index contributed by atoms with van der Waals surface area (Å²) in [5, 5.41) is 7.01. The van der Waals surface area contributed by atoms with Crippen LogP contribution in [0.3, 0.4) is 0 Å².